The quantitative estimate of drug-likeness (QED) is 0.479. The second kappa shape index (κ2) is 7.43. The van der Waals surface area contributed by atoms with Crippen LogP contribution in [0.15, 0.2) is 66.0 Å². The van der Waals surface area contributed by atoms with Crippen LogP contribution in [0.25, 0.3) is 16.8 Å². The van der Waals surface area contributed by atoms with Crippen LogP contribution in [-0.4, -0.2) is 34.4 Å². The Hall–Kier alpha value is -3.87. The molecule has 0 aliphatic carbocycles. The first kappa shape index (κ1) is 20.4. The number of nitrogens with zero attached hydrogens (tertiary/aromatic N) is 4. The molecular formula is C18H13F3N6O3S. The molecule has 0 aliphatic rings. The summed E-state index contributed by atoms with van der Waals surface area (Å²) >= 11 is 0. The van der Waals surface area contributed by atoms with Gasteiger partial charge in [-0.15, -0.1) is 18.3 Å². The maximum atomic E-state index is 12.7. The molecule has 0 unspecified atom stereocenters. The Kier molecular flexibility index (Phi) is 4.89. The standard InChI is InChI=1S/C18H13F3N6O3S/c19-18(20,21)30-14-3-1-2-13(7-14)26-31(28,29)15-6-12(8-23-9-15)11-4-5-16-24-17(22)25-27(16)10-11/h1-10,26H,(H2,22,25). The topological polar surface area (TPSA) is 124 Å². The Balaban J connectivity index is 1.62. The Labute approximate surface area is 173 Å². The van der Waals surface area contributed by atoms with Crippen molar-refractivity contribution < 1.29 is 26.3 Å². The third kappa shape index (κ3) is 4.66. The molecule has 1 aromatic carbocycles. The average molecular weight is 450 g/mol. The minimum Gasteiger partial charge on any atom is -0.406 e. The lowest BCUT2D eigenvalue weighted by atomic mass is 10.1. The highest BCUT2D eigenvalue weighted by molar-refractivity contribution is 7.92. The summed E-state index contributed by atoms with van der Waals surface area (Å²) in [5.74, 6) is -0.465. The monoisotopic (exact) mass is 450 g/mol. The zero-order chi connectivity index (χ0) is 22.2. The van der Waals surface area contributed by atoms with Crippen molar-refractivity contribution in [2.75, 3.05) is 10.5 Å². The van der Waals surface area contributed by atoms with Crippen molar-refractivity contribution in [1.29, 1.82) is 0 Å². The first-order valence-electron chi connectivity index (χ1n) is 8.55. The van der Waals surface area contributed by atoms with E-state index in [4.69, 9.17) is 5.73 Å². The summed E-state index contributed by atoms with van der Waals surface area (Å²) in [6.07, 6.45) is -0.713. The molecule has 0 saturated heterocycles. The summed E-state index contributed by atoms with van der Waals surface area (Å²) in [7, 11) is -4.15. The molecule has 9 nitrogen and oxygen atoms in total. The summed E-state index contributed by atoms with van der Waals surface area (Å²) in [4.78, 5) is 7.78. The summed E-state index contributed by atoms with van der Waals surface area (Å²) < 4.78 is 70.1. The highest BCUT2D eigenvalue weighted by Gasteiger charge is 2.31. The van der Waals surface area contributed by atoms with Gasteiger partial charge in [0.1, 0.15) is 10.6 Å². The predicted octanol–water partition coefficient (Wildman–Crippen LogP) is 3.07. The molecule has 0 amide bonds. The molecule has 4 aromatic rings. The van der Waals surface area contributed by atoms with Crippen LogP contribution in [-0.2, 0) is 10.0 Å². The number of nitrogen functional groups attached to an aromatic ring is 1. The maximum absolute atomic E-state index is 12.7. The second-order valence-electron chi connectivity index (χ2n) is 6.28. The van der Waals surface area contributed by atoms with Gasteiger partial charge in [-0.1, -0.05) is 6.07 Å². The molecule has 31 heavy (non-hydrogen) atoms. The van der Waals surface area contributed by atoms with Crippen molar-refractivity contribution in [1.82, 2.24) is 19.6 Å². The van der Waals surface area contributed by atoms with E-state index in [-0.39, 0.29) is 16.5 Å². The Morgan fingerprint density at radius 3 is 2.65 bits per heavy atom. The van der Waals surface area contributed by atoms with Gasteiger partial charge in [0.2, 0.25) is 5.95 Å². The van der Waals surface area contributed by atoms with Crippen LogP contribution < -0.4 is 15.2 Å². The first-order chi connectivity index (χ1) is 14.6. The number of sulfonamides is 1. The fraction of sp³-hybridized carbons (Fsp3) is 0.0556. The zero-order valence-electron chi connectivity index (χ0n) is 15.4. The second-order valence-corrected chi connectivity index (χ2v) is 7.96. The van der Waals surface area contributed by atoms with Crippen molar-refractivity contribution in [3.63, 3.8) is 0 Å². The number of benzene rings is 1. The summed E-state index contributed by atoms with van der Waals surface area (Å²) in [6.45, 7) is 0. The van der Waals surface area contributed by atoms with Crippen LogP contribution in [0.1, 0.15) is 0 Å². The smallest absolute Gasteiger partial charge is 0.406 e. The summed E-state index contributed by atoms with van der Waals surface area (Å²) in [6, 6.07) is 9.22. The van der Waals surface area contributed by atoms with E-state index in [0.717, 1.165) is 18.3 Å². The van der Waals surface area contributed by atoms with Crippen molar-refractivity contribution in [2.45, 2.75) is 11.3 Å². The molecule has 0 radical (unpaired) electrons. The van der Waals surface area contributed by atoms with Crippen LogP contribution in [0.2, 0.25) is 0 Å². The first-order valence-corrected chi connectivity index (χ1v) is 10.0. The minimum atomic E-state index is -4.90. The number of rotatable bonds is 5. The molecule has 3 heterocycles. The molecule has 160 valence electrons. The lowest BCUT2D eigenvalue weighted by molar-refractivity contribution is -0.274. The van der Waals surface area contributed by atoms with Gasteiger partial charge in [0, 0.05) is 35.8 Å². The largest absolute Gasteiger partial charge is 0.573 e. The summed E-state index contributed by atoms with van der Waals surface area (Å²) in [5.41, 5.74) is 7.04. The molecule has 0 fully saturated rings. The van der Waals surface area contributed by atoms with Crippen LogP contribution >= 0.6 is 0 Å². The van der Waals surface area contributed by atoms with Gasteiger partial charge in [0.25, 0.3) is 10.0 Å². The molecule has 3 aromatic heterocycles. The summed E-state index contributed by atoms with van der Waals surface area (Å²) in [5, 5.41) is 4.00. The van der Waals surface area contributed by atoms with Gasteiger partial charge < -0.3 is 10.5 Å². The molecule has 13 heteroatoms. The van der Waals surface area contributed by atoms with Crippen molar-refractivity contribution in [3.8, 4) is 16.9 Å². The molecule has 3 N–H and O–H groups in total. The Morgan fingerprint density at radius 2 is 1.87 bits per heavy atom. The highest BCUT2D eigenvalue weighted by atomic mass is 32.2. The maximum Gasteiger partial charge on any atom is 0.573 e. The van der Waals surface area contributed by atoms with Gasteiger partial charge in [-0.3, -0.25) is 9.71 Å². The van der Waals surface area contributed by atoms with Gasteiger partial charge in [-0.2, -0.15) is 4.98 Å². The number of hydrogen-bond acceptors (Lipinski definition) is 7. The fourth-order valence-corrected chi connectivity index (χ4v) is 3.80. The van der Waals surface area contributed by atoms with Crippen LogP contribution in [0.4, 0.5) is 24.8 Å². The van der Waals surface area contributed by atoms with Crippen molar-refractivity contribution in [3.05, 3.63) is 61.1 Å². The van der Waals surface area contributed by atoms with E-state index in [9.17, 15) is 21.6 Å². The molecule has 0 saturated carbocycles. The number of ether oxygens (including phenoxy) is 1. The molecule has 0 bridgehead atoms. The van der Waals surface area contributed by atoms with Gasteiger partial charge in [-0.05, 0) is 30.3 Å². The molecule has 0 spiro atoms. The van der Waals surface area contributed by atoms with E-state index in [1.807, 2.05) is 0 Å². The average Bonchev–Trinajstić information content (AvgIpc) is 3.06. The Morgan fingerprint density at radius 1 is 1.06 bits per heavy atom. The number of halogens is 3. The van der Waals surface area contributed by atoms with Crippen LogP contribution in [0.3, 0.4) is 0 Å². The number of aromatic nitrogens is 4. The molecule has 0 aliphatic heterocycles. The normalized spacial score (nSPS) is 12.1. The number of pyridine rings is 2. The van der Waals surface area contributed by atoms with E-state index < -0.39 is 22.1 Å². The van der Waals surface area contributed by atoms with Gasteiger partial charge in [-0.25, -0.2) is 12.9 Å². The minimum absolute atomic E-state index is 0.0903. The van der Waals surface area contributed by atoms with Crippen molar-refractivity contribution in [2.24, 2.45) is 0 Å². The van der Waals surface area contributed by atoms with E-state index in [1.165, 1.54) is 28.9 Å². The number of fused-ring (bicyclic) bond motifs is 1. The third-order valence-electron chi connectivity index (χ3n) is 4.02. The third-order valence-corrected chi connectivity index (χ3v) is 5.37. The number of nitrogens with one attached hydrogen (secondary N) is 1. The molecule has 4 rings (SSSR count). The van der Waals surface area contributed by atoms with Gasteiger partial charge >= 0.3 is 6.36 Å². The number of nitrogens with two attached hydrogens (primary N) is 1. The molecule has 0 atom stereocenters. The Bertz CT molecular complexity index is 1370. The van der Waals surface area contributed by atoms with Crippen molar-refractivity contribution >= 4 is 27.3 Å². The zero-order valence-corrected chi connectivity index (χ0v) is 16.2. The predicted molar refractivity (Wildman–Crippen MR) is 105 cm³/mol. The van der Waals surface area contributed by atoms with Gasteiger partial charge in [0.05, 0.1) is 5.69 Å². The van der Waals surface area contributed by atoms with E-state index in [2.05, 4.69) is 24.5 Å². The van der Waals surface area contributed by atoms with Crippen LogP contribution in [0.5, 0.6) is 5.75 Å². The number of anilines is 2. The molecular weight excluding hydrogens is 437 g/mol. The highest BCUT2D eigenvalue weighted by Crippen LogP contribution is 2.27. The lowest BCUT2D eigenvalue weighted by Crippen LogP contribution is -2.17. The van der Waals surface area contributed by atoms with Crippen LogP contribution in [0, 0.1) is 0 Å². The number of hydrogen-bond donors (Lipinski definition) is 2. The fourth-order valence-electron chi connectivity index (χ4n) is 2.77. The van der Waals surface area contributed by atoms with E-state index in [1.54, 1.807) is 18.3 Å². The van der Waals surface area contributed by atoms with E-state index >= 15 is 0 Å². The SMILES string of the molecule is Nc1nc2ccc(-c3cncc(S(=O)(=O)Nc4cccc(OC(F)(F)F)c4)c3)cn2n1. The lowest BCUT2D eigenvalue weighted by Gasteiger charge is -2.12. The van der Waals surface area contributed by atoms with E-state index in [0.29, 0.717) is 16.8 Å². The number of alkyl halides is 3. The van der Waals surface area contributed by atoms with Gasteiger partial charge in [0.15, 0.2) is 5.65 Å².